The van der Waals surface area contributed by atoms with E-state index in [1.165, 1.54) is 0 Å². The lowest BCUT2D eigenvalue weighted by Crippen LogP contribution is -2.38. The summed E-state index contributed by atoms with van der Waals surface area (Å²) >= 11 is 0. The quantitative estimate of drug-likeness (QED) is 0.756. The minimum atomic E-state index is -0.160. The van der Waals surface area contributed by atoms with Gasteiger partial charge >= 0.3 is 6.03 Å². The highest BCUT2D eigenvalue weighted by atomic mass is 16.2. The van der Waals surface area contributed by atoms with Crippen LogP contribution in [0.25, 0.3) is 0 Å². The molecule has 2 rings (SSSR count). The first-order valence-corrected chi connectivity index (χ1v) is 7.91. The molecule has 1 aromatic carbocycles. The smallest absolute Gasteiger partial charge is 0.315 e. The van der Waals surface area contributed by atoms with Gasteiger partial charge in [0.05, 0.1) is 6.04 Å². The van der Waals surface area contributed by atoms with Crippen LogP contribution in [0.1, 0.15) is 45.2 Å². The molecule has 0 spiro atoms. The predicted octanol–water partition coefficient (Wildman–Crippen LogP) is 3.05. The average molecular weight is 303 g/mol. The summed E-state index contributed by atoms with van der Waals surface area (Å²) in [5.41, 5.74) is 1.81. The number of benzene rings is 1. The van der Waals surface area contributed by atoms with Gasteiger partial charge in [0.1, 0.15) is 0 Å². The predicted molar refractivity (Wildman–Crippen MR) is 87.6 cm³/mol. The number of rotatable bonds is 6. The Kier molecular flexibility index (Phi) is 5.41. The molecule has 3 amide bonds. The zero-order chi connectivity index (χ0) is 16.1. The van der Waals surface area contributed by atoms with Crippen molar-refractivity contribution in [2.24, 2.45) is 11.8 Å². The van der Waals surface area contributed by atoms with Crippen molar-refractivity contribution in [2.45, 2.75) is 39.7 Å². The molecular weight excluding hydrogens is 278 g/mol. The Morgan fingerprint density at radius 1 is 1.14 bits per heavy atom. The van der Waals surface area contributed by atoms with Gasteiger partial charge in [-0.05, 0) is 43.4 Å². The van der Waals surface area contributed by atoms with Gasteiger partial charge in [0.25, 0.3) is 0 Å². The molecule has 1 unspecified atom stereocenters. The minimum absolute atomic E-state index is 0.0830. The summed E-state index contributed by atoms with van der Waals surface area (Å²) < 4.78 is 0. The lowest BCUT2D eigenvalue weighted by molar-refractivity contribution is -0.117. The first-order valence-electron chi connectivity index (χ1n) is 7.91. The Labute approximate surface area is 131 Å². The van der Waals surface area contributed by atoms with E-state index in [-0.39, 0.29) is 23.9 Å². The average Bonchev–Trinajstić information content (AvgIpc) is 3.30. The molecule has 3 N–H and O–H groups in total. The van der Waals surface area contributed by atoms with Gasteiger partial charge in [0.2, 0.25) is 5.91 Å². The van der Waals surface area contributed by atoms with E-state index in [4.69, 9.17) is 0 Å². The monoisotopic (exact) mass is 303 g/mol. The van der Waals surface area contributed by atoms with E-state index in [0.717, 1.165) is 24.1 Å². The van der Waals surface area contributed by atoms with Gasteiger partial charge in [-0.3, -0.25) is 4.79 Å². The Morgan fingerprint density at radius 2 is 1.77 bits per heavy atom. The van der Waals surface area contributed by atoms with Crippen LogP contribution < -0.4 is 16.0 Å². The van der Waals surface area contributed by atoms with Crippen LogP contribution >= 0.6 is 0 Å². The van der Waals surface area contributed by atoms with Crippen molar-refractivity contribution >= 4 is 17.6 Å². The van der Waals surface area contributed by atoms with Crippen molar-refractivity contribution in [3.63, 3.8) is 0 Å². The highest BCUT2D eigenvalue weighted by Crippen LogP contribution is 2.30. The summed E-state index contributed by atoms with van der Waals surface area (Å²) in [5, 5.41) is 8.64. The third-order valence-corrected chi connectivity index (χ3v) is 3.64. The molecule has 1 fully saturated rings. The normalized spacial score (nSPS) is 15.3. The fourth-order valence-electron chi connectivity index (χ4n) is 2.07. The standard InChI is InChI=1S/C17H25N3O2/c1-11(2)10-18-17(22)19-12(3)13-6-8-15(9-7-13)20-16(21)14-4-5-14/h6-9,11-12,14H,4-5,10H2,1-3H3,(H,20,21)(H2,18,19,22). The highest BCUT2D eigenvalue weighted by Gasteiger charge is 2.29. The van der Waals surface area contributed by atoms with Crippen molar-refractivity contribution in [3.05, 3.63) is 29.8 Å². The summed E-state index contributed by atoms with van der Waals surface area (Å²) in [4.78, 5) is 23.4. The molecule has 1 atom stereocenters. The second kappa shape index (κ2) is 7.29. The van der Waals surface area contributed by atoms with E-state index in [2.05, 4.69) is 29.8 Å². The van der Waals surface area contributed by atoms with E-state index in [1.807, 2.05) is 31.2 Å². The summed E-state index contributed by atoms with van der Waals surface area (Å²) in [6, 6.07) is 7.36. The summed E-state index contributed by atoms with van der Waals surface area (Å²) in [6.45, 7) is 6.70. The van der Waals surface area contributed by atoms with Crippen molar-refractivity contribution in [2.75, 3.05) is 11.9 Å². The number of urea groups is 1. The van der Waals surface area contributed by atoms with E-state index < -0.39 is 0 Å². The van der Waals surface area contributed by atoms with Gasteiger partial charge in [0, 0.05) is 18.2 Å². The van der Waals surface area contributed by atoms with Gasteiger partial charge < -0.3 is 16.0 Å². The largest absolute Gasteiger partial charge is 0.338 e. The molecule has 0 aliphatic heterocycles. The van der Waals surface area contributed by atoms with E-state index in [9.17, 15) is 9.59 Å². The lowest BCUT2D eigenvalue weighted by atomic mass is 10.1. The molecule has 0 bridgehead atoms. The zero-order valence-electron chi connectivity index (χ0n) is 13.5. The zero-order valence-corrected chi connectivity index (χ0v) is 13.5. The van der Waals surface area contributed by atoms with Crippen molar-refractivity contribution in [1.29, 1.82) is 0 Å². The van der Waals surface area contributed by atoms with Crippen LogP contribution in [-0.2, 0) is 4.79 Å². The maximum absolute atomic E-state index is 11.7. The minimum Gasteiger partial charge on any atom is -0.338 e. The van der Waals surface area contributed by atoms with Crippen LogP contribution in [0.15, 0.2) is 24.3 Å². The summed E-state index contributed by atoms with van der Waals surface area (Å²) in [7, 11) is 0. The number of carbonyl (C=O) groups excluding carboxylic acids is 2. The Bertz CT molecular complexity index is 521. The number of amides is 3. The molecule has 22 heavy (non-hydrogen) atoms. The van der Waals surface area contributed by atoms with Crippen LogP contribution in [-0.4, -0.2) is 18.5 Å². The summed E-state index contributed by atoms with van der Waals surface area (Å²) in [6.07, 6.45) is 1.99. The maximum Gasteiger partial charge on any atom is 0.315 e. The molecule has 1 aliphatic rings. The molecule has 0 radical (unpaired) electrons. The second-order valence-corrected chi connectivity index (χ2v) is 6.36. The van der Waals surface area contributed by atoms with Crippen molar-refractivity contribution in [3.8, 4) is 0 Å². The number of anilines is 1. The first kappa shape index (κ1) is 16.3. The van der Waals surface area contributed by atoms with E-state index in [0.29, 0.717) is 12.5 Å². The van der Waals surface area contributed by atoms with Gasteiger partial charge in [-0.2, -0.15) is 0 Å². The Morgan fingerprint density at radius 3 is 2.32 bits per heavy atom. The topological polar surface area (TPSA) is 70.2 Å². The van der Waals surface area contributed by atoms with Crippen molar-refractivity contribution in [1.82, 2.24) is 10.6 Å². The van der Waals surface area contributed by atoms with Gasteiger partial charge in [0.15, 0.2) is 0 Å². The van der Waals surface area contributed by atoms with Crippen LogP contribution in [0.2, 0.25) is 0 Å². The molecule has 0 aromatic heterocycles. The van der Waals surface area contributed by atoms with Crippen LogP contribution in [0.4, 0.5) is 10.5 Å². The number of carbonyl (C=O) groups is 2. The maximum atomic E-state index is 11.7. The van der Waals surface area contributed by atoms with E-state index in [1.54, 1.807) is 0 Å². The highest BCUT2D eigenvalue weighted by molar-refractivity contribution is 5.94. The number of nitrogens with one attached hydrogen (secondary N) is 3. The summed E-state index contributed by atoms with van der Waals surface area (Å²) in [5.74, 6) is 0.729. The van der Waals surface area contributed by atoms with Gasteiger partial charge in [-0.1, -0.05) is 26.0 Å². The first-order chi connectivity index (χ1) is 10.5. The van der Waals surface area contributed by atoms with Crippen LogP contribution in [0.3, 0.4) is 0 Å². The fraction of sp³-hybridized carbons (Fsp3) is 0.529. The SMILES string of the molecule is CC(C)CNC(=O)NC(C)c1ccc(NC(=O)C2CC2)cc1. The molecule has 1 aromatic rings. The van der Waals surface area contributed by atoms with Crippen molar-refractivity contribution < 1.29 is 9.59 Å². The number of hydrogen-bond donors (Lipinski definition) is 3. The lowest BCUT2D eigenvalue weighted by Gasteiger charge is -2.16. The molecule has 120 valence electrons. The second-order valence-electron chi connectivity index (χ2n) is 6.36. The van der Waals surface area contributed by atoms with Gasteiger partial charge in [-0.15, -0.1) is 0 Å². The molecular formula is C17H25N3O2. The third kappa shape index (κ3) is 5.06. The van der Waals surface area contributed by atoms with Crippen LogP contribution in [0, 0.1) is 11.8 Å². The van der Waals surface area contributed by atoms with Crippen LogP contribution in [0.5, 0.6) is 0 Å². The fourth-order valence-corrected chi connectivity index (χ4v) is 2.07. The molecule has 1 saturated carbocycles. The Balaban J connectivity index is 1.83. The molecule has 0 heterocycles. The third-order valence-electron chi connectivity index (χ3n) is 3.64. The van der Waals surface area contributed by atoms with Gasteiger partial charge in [-0.25, -0.2) is 4.79 Å². The molecule has 5 heteroatoms. The Hall–Kier alpha value is -2.04. The number of hydrogen-bond acceptors (Lipinski definition) is 2. The molecule has 5 nitrogen and oxygen atoms in total. The molecule has 1 aliphatic carbocycles. The van der Waals surface area contributed by atoms with E-state index >= 15 is 0 Å². The molecule has 0 saturated heterocycles.